The number of rotatable bonds is 4. The van der Waals surface area contributed by atoms with E-state index in [9.17, 15) is 13.2 Å². The van der Waals surface area contributed by atoms with Gasteiger partial charge in [-0.3, -0.25) is 4.79 Å². The van der Waals surface area contributed by atoms with Crippen LogP contribution >= 0.6 is 0 Å². The van der Waals surface area contributed by atoms with E-state index < -0.39 is 9.84 Å². The second-order valence-corrected chi connectivity index (χ2v) is 6.46. The average molecular weight is 278 g/mol. The number of amides is 1. The van der Waals surface area contributed by atoms with Gasteiger partial charge in [0.15, 0.2) is 9.84 Å². The Hall–Kier alpha value is -2.08. The molecule has 0 bridgehead atoms. The Morgan fingerprint density at radius 2 is 1.89 bits per heavy atom. The lowest BCUT2D eigenvalue weighted by atomic mass is 10.2. The molecule has 2 aromatic rings. The number of benzene rings is 1. The van der Waals surface area contributed by atoms with Gasteiger partial charge in [0.25, 0.3) is 5.91 Å². The fourth-order valence-corrected chi connectivity index (χ4v) is 2.45. The molecular formula is C13H14N2O3S. The molecule has 0 aliphatic carbocycles. The van der Waals surface area contributed by atoms with Crippen LogP contribution in [0.4, 0.5) is 5.69 Å². The van der Waals surface area contributed by atoms with Crippen molar-refractivity contribution >= 4 is 21.4 Å². The summed E-state index contributed by atoms with van der Waals surface area (Å²) in [5.74, 6) is -0.212. The number of aromatic nitrogens is 1. The average Bonchev–Trinajstić information content (AvgIpc) is 2.83. The van der Waals surface area contributed by atoms with Crippen LogP contribution in [0, 0.1) is 0 Å². The summed E-state index contributed by atoms with van der Waals surface area (Å²) in [5.41, 5.74) is 1.87. The van der Waals surface area contributed by atoms with Crippen molar-refractivity contribution in [2.24, 2.45) is 0 Å². The summed E-state index contributed by atoms with van der Waals surface area (Å²) in [6.45, 7) is 0. The van der Waals surface area contributed by atoms with Crippen molar-refractivity contribution in [3.8, 4) is 0 Å². The van der Waals surface area contributed by atoms with Gasteiger partial charge in [0.1, 0.15) is 0 Å². The van der Waals surface area contributed by atoms with Crippen LogP contribution in [0.25, 0.3) is 0 Å². The van der Waals surface area contributed by atoms with Crippen molar-refractivity contribution in [1.82, 2.24) is 4.98 Å². The molecule has 5 nitrogen and oxygen atoms in total. The van der Waals surface area contributed by atoms with Gasteiger partial charge in [-0.25, -0.2) is 8.42 Å². The number of sulfone groups is 1. The molecule has 1 aromatic heterocycles. The van der Waals surface area contributed by atoms with E-state index in [-0.39, 0.29) is 11.7 Å². The lowest BCUT2D eigenvalue weighted by Crippen LogP contribution is -2.10. The SMILES string of the molecule is CS(=O)(=O)Cc1ccc(NC(=O)c2cc[nH]c2)cc1. The number of H-pyrrole nitrogens is 1. The Labute approximate surface area is 111 Å². The summed E-state index contributed by atoms with van der Waals surface area (Å²) in [4.78, 5) is 14.6. The van der Waals surface area contributed by atoms with Crippen LogP contribution in [0.2, 0.25) is 0 Å². The predicted octanol–water partition coefficient (Wildman–Crippen LogP) is 1.81. The molecule has 0 saturated carbocycles. The molecule has 100 valence electrons. The fraction of sp³-hybridized carbons (Fsp3) is 0.154. The highest BCUT2D eigenvalue weighted by Gasteiger charge is 2.07. The predicted molar refractivity (Wildman–Crippen MR) is 73.7 cm³/mol. The molecule has 1 heterocycles. The Kier molecular flexibility index (Phi) is 3.71. The second-order valence-electron chi connectivity index (χ2n) is 4.32. The van der Waals surface area contributed by atoms with E-state index in [1.807, 2.05) is 0 Å². The maximum absolute atomic E-state index is 11.8. The Balaban J connectivity index is 2.05. The van der Waals surface area contributed by atoms with Gasteiger partial charge < -0.3 is 10.3 Å². The first kappa shape index (κ1) is 13.4. The minimum Gasteiger partial charge on any atom is -0.367 e. The normalized spacial score (nSPS) is 11.2. The zero-order chi connectivity index (χ0) is 13.9. The van der Waals surface area contributed by atoms with Gasteiger partial charge in [0.2, 0.25) is 0 Å². The number of carbonyl (C=O) groups excluding carboxylic acids is 1. The third-order valence-electron chi connectivity index (χ3n) is 2.50. The van der Waals surface area contributed by atoms with Crippen LogP contribution in [0.1, 0.15) is 15.9 Å². The molecule has 6 heteroatoms. The van der Waals surface area contributed by atoms with Gasteiger partial charge >= 0.3 is 0 Å². The van der Waals surface area contributed by atoms with Gasteiger partial charge in [0, 0.05) is 24.3 Å². The number of hydrogen-bond acceptors (Lipinski definition) is 3. The van der Waals surface area contributed by atoms with Crippen LogP contribution in [0.3, 0.4) is 0 Å². The summed E-state index contributed by atoms with van der Waals surface area (Å²) >= 11 is 0. The summed E-state index contributed by atoms with van der Waals surface area (Å²) < 4.78 is 22.3. The molecule has 0 aliphatic heterocycles. The third-order valence-corrected chi connectivity index (χ3v) is 3.36. The molecular weight excluding hydrogens is 264 g/mol. The van der Waals surface area contributed by atoms with Crippen molar-refractivity contribution in [3.05, 3.63) is 53.9 Å². The van der Waals surface area contributed by atoms with Gasteiger partial charge in [0.05, 0.1) is 11.3 Å². The highest BCUT2D eigenvalue weighted by molar-refractivity contribution is 7.89. The van der Waals surface area contributed by atoms with Crippen molar-refractivity contribution in [2.75, 3.05) is 11.6 Å². The maximum Gasteiger partial charge on any atom is 0.257 e. The van der Waals surface area contributed by atoms with E-state index >= 15 is 0 Å². The van der Waals surface area contributed by atoms with Crippen LogP contribution in [-0.4, -0.2) is 25.6 Å². The van der Waals surface area contributed by atoms with E-state index in [0.717, 1.165) is 0 Å². The zero-order valence-electron chi connectivity index (χ0n) is 10.4. The quantitative estimate of drug-likeness (QED) is 0.895. The number of aromatic amines is 1. The first-order valence-corrected chi connectivity index (χ1v) is 7.71. The van der Waals surface area contributed by atoms with Crippen molar-refractivity contribution < 1.29 is 13.2 Å². The first-order valence-electron chi connectivity index (χ1n) is 5.65. The van der Waals surface area contributed by atoms with Crippen LogP contribution in [0.5, 0.6) is 0 Å². The molecule has 1 amide bonds. The van der Waals surface area contributed by atoms with Gasteiger partial charge in [-0.1, -0.05) is 12.1 Å². The van der Waals surface area contributed by atoms with Crippen LogP contribution < -0.4 is 5.32 Å². The highest BCUT2D eigenvalue weighted by Crippen LogP contribution is 2.13. The van der Waals surface area contributed by atoms with Crippen LogP contribution in [-0.2, 0) is 15.6 Å². The van der Waals surface area contributed by atoms with E-state index in [0.29, 0.717) is 16.8 Å². The minimum atomic E-state index is -3.04. The van der Waals surface area contributed by atoms with E-state index in [1.165, 1.54) is 6.26 Å². The molecule has 2 N–H and O–H groups in total. The fourth-order valence-electron chi connectivity index (χ4n) is 1.66. The lowest BCUT2D eigenvalue weighted by molar-refractivity contribution is 0.102. The first-order chi connectivity index (χ1) is 8.94. The monoisotopic (exact) mass is 278 g/mol. The largest absolute Gasteiger partial charge is 0.367 e. The summed E-state index contributed by atoms with van der Waals surface area (Å²) in [5, 5.41) is 2.73. The smallest absolute Gasteiger partial charge is 0.257 e. The molecule has 0 aliphatic rings. The summed E-state index contributed by atoms with van der Waals surface area (Å²) in [6, 6.07) is 8.42. The Morgan fingerprint density at radius 1 is 1.21 bits per heavy atom. The minimum absolute atomic E-state index is 0.000955. The van der Waals surface area contributed by atoms with Crippen molar-refractivity contribution in [2.45, 2.75) is 5.75 Å². The summed E-state index contributed by atoms with van der Waals surface area (Å²) in [6.07, 6.45) is 4.46. The second kappa shape index (κ2) is 5.27. The molecule has 19 heavy (non-hydrogen) atoms. The molecule has 1 aromatic carbocycles. The van der Waals surface area contributed by atoms with Gasteiger partial charge in [-0.2, -0.15) is 0 Å². The molecule has 2 rings (SSSR count). The Bertz CT molecular complexity index is 658. The van der Waals surface area contributed by atoms with Crippen LogP contribution in [0.15, 0.2) is 42.7 Å². The maximum atomic E-state index is 11.8. The third kappa shape index (κ3) is 3.96. The van der Waals surface area contributed by atoms with Gasteiger partial charge in [-0.05, 0) is 23.8 Å². The van der Waals surface area contributed by atoms with Crippen molar-refractivity contribution in [3.63, 3.8) is 0 Å². The topological polar surface area (TPSA) is 79.0 Å². The number of carbonyl (C=O) groups is 1. The lowest BCUT2D eigenvalue weighted by Gasteiger charge is -2.05. The highest BCUT2D eigenvalue weighted by atomic mass is 32.2. The molecule has 0 saturated heterocycles. The van der Waals surface area contributed by atoms with Gasteiger partial charge in [-0.15, -0.1) is 0 Å². The zero-order valence-corrected chi connectivity index (χ0v) is 11.2. The van der Waals surface area contributed by atoms with E-state index in [2.05, 4.69) is 10.3 Å². The van der Waals surface area contributed by atoms with E-state index in [1.54, 1.807) is 42.7 Å². The number of hydrogen-bond donors (Lipinski definition) is 2. The molecule has 0 unspecified atom stereocenters. The summed E-state index contributed by atoms with van der Waals surface area (Å²) in [7, 11) is -3.04. The molecule has 0 spiro atoms. The van der Waals surface area contributed by atoms with E-state index in [4.69, 9.17) is 0 Å². The van der Waals surface area contributed by atoms with Crippen molar-refractivity contribution in [1.29, 1.82) is 0 Å². The molecule has 0 atom stereocenters. The Morgan fingerprint density at radius 3 is 2.42 bits per heavy atom. The standard InChI is InChI=1S/C13H14N2O3S/c1-19(17,18)9-10-2-4-12(5-3-10)15-13(16)11-6-7-14-8-11/h2-8,14H,9H2,1H3,(H,15,16). The number of anilines is 1. The number of nitrogens with one attached hydrogen (secondary N) is 2. The molecule has 0 radical (unpaired) electrons. The molecule has 0 fully saturated rings.